The minimum Gasteiger partial charge on any atom is -0.481 e. The van der Waals surface area contributed by atoms with Crippen LogP contribution in [-0.2, 0) is 9.59 Å². The summed E-state index contributed by atoms with van der Waals surface area (Å²) in [5.74, 6) is -1.77. The van der Waals surface area contributed by atoms with Crippen molar-refractivity contribution in [3.8, 4) is 0 Å². The maximum atomic E-state index is 12.0. The van der Waals surface area contributed by atoms with Crippen LogP contribution in [0.4, 0.5) is 0 Å². The molecule has 0 fully saturated rings. The lowest BCUT2D eigenvalue weighted by Gasteiger charge is -2.19. The van der Waals surface area contributed by atoms with Gasteiger partial charge in [-0.2, -0.15) is 0 Å². The van der Waals surface area contributed by atoms with Crippen molar-refractivity contribution >= 4 is 11.8 Å². The van der Waals surface area contributed by atoms with Crippen LogP contribution in [0.3, 0.4) is 0 Å². The fraction of sp³-hybridized carbons (Fsp3) is 0.600. The summed E-state index contributed by atoms with van der Waals surface area (Å²) in [6, 6.07) is 0. The van der Waals surface area contributed by atoms with E-state index < -0.39 is 24.1 Å². The van der Waals surface area contributed by atoms with Gasteiger partial charge in [0.25, 0.3) is 0 Å². The van der Waals surface area contributed by atoms with Gasteiger partial charge >= 0.3 is 5.97 Å². The zero-order chi connectivity index (χ0) is 18.7. The number of ketones is 1. The maximum absolute atomic E-state index is 12.0. The van der Waals surface area contributed by atoms with Gasteiger partial charge < -0.3 is 15.3 Å². The van der Waals surface area contributed by atoms with Crippen LogP contribution >= 0.6 is 0 Å². The van der Waals surface area contributed by atoms with Gasteiger partial charge in [-0.15, -0.1) is 0 Å². The molecule has 5 nitrogen and oxygen atoms in total. The van der Waals surface area contributed by atoms with Crippen molar-refractivity contribution in [2.24, 2.45) is 11.8 Å². The summed E-state index contributed by atoms with van der Waals surface area (Å²) in [6.45, 7) is 2.11. The van der Waals surface area contributed by atoms with Gasteiger partial charge in [0.05, 0.1) is 18.1 Å². The summed E-state index contributed by atoms with van der Waals surface area (Å²) >= 11 is 0. The molecule has 5 heteroatoms. The molecule has 140 valence electrons. The Morgan fingerprint density at radius 3 is 2.68 bits per heavy atom. The van der Waals surface area contributed by atoms with Crippen molar-refractivity contribution in [3.63, 3.8) is 0 Å². The number of carboxylic acids is 1. The smallest absolute Gasteiger partial charge is 0.303 e. The van der Waals surface area contributed by atoms with Gasteiger partial charge in [-0.3, -0.25) is 9.59 Å². The summed E-state index contributed by atoms with van der Waals surface area (Å²) in [6.07, 6.45) is 13.6. The average Bonchev–Trinajstić information content (AvgIpc) is 2.93. The quantitative estimate of drug-likeness (QED) is 0.371. The van der Waals surface area contributed by atoms with Crippen LogP contribution in [0.2, 0.25) is 0 Å². The predicted octanol–water partition coefficient (Wildman–Crippen LogP) is 3.03. The van der Waals surface area contributed by atoms with Gasteiger partial charge in [0, 0.05) is 12.3 Å². The molecule has 0 amide bonds. The summed E-state index contributed by atoms with van der Waals surface area (Å²) < 4.78 is 0. The fourth-order valence-electron chi connectivity index (χ4n) is 2.89. The van der Waals surface area contributed by atoms with E-state index in [0.29, 0.717) is 19.3 Å². The first kappa shape index (κ1) is 21.3. The Morgan fingerprint density at radius 2 is 2.00 bits per heavy atom. The molecule has 4 atom stereocenters. The molecule has 0 aromatic carbocycles. The second-order valence-electron chi connectivity index (χ2n) is 6.52. The topological polar surface area (TPSA) is 94.8 Å². The van der Waals surface area contributed by atoms with Crippen molar-refractivity contribution in [1.29, 1.82) is 0 Å². The van der Waals surface area contributed by atoms with Crippen LogP contribution in [0, 0.1) is 11.8 Å². The van der Waals surface area contributed by atoms with Crippen molar-refractivity contribution in [2.45, 2.75) is 64.1 Å². The largest absolute Gasteiger partial charge is 0.481 e. The van der Waals surface area contributed by atoms with Crippen LogP contribution < -0.4 is 0 Å². The van der Waals surface area contributed by atoms with Crippen LogP contribution in [0.1, 0.15) is 51.9 Å². The van der Waals surface area contributed by atoms with Crippen molar-refractivity contribution in [3.05, 3.63) is 36.5 Å². The van der Waals surface area contributed by atoms with Crippen LogP contribution in [0.5, 0.6) is 0 Å². The van der Waals surface area contributed by atoms with E-state index in [1.54, 1.807) is 30.4 Å². The molecule has 0 aromatic rings. The Morgan fingerprint density at radius 1 is 1.24 bits per heavy atom. The molecule has 0 radical (unpaired) electrons. The van der Waals surface area contributed by atoms with Gasteiger partial charge in [-0.1, -0.05) is 56.6 Å². The van der Waals surface area contributed by atoms with E-state index >= 15 is 0 Å². The Bertz CT molecular complexity index is 506. The molecule has 0 heterocycles. The Kier molecular flexibility index (Phi) is 10.0. The van der Waals surface area contributed by atoms with Gasteiger partial charge in [-0.05, 0) is 25.3 Å². The zero-order valence-corrected chi connectivity index (χ0v) is 14.9. The summed E-state index contributed by atoms with van der Waals surface area (Å²) in [7, 11) is 0. The molecular formula is C20H30O5. The number of aliphatic hydroxyl groups is 2. The fourth-order valence-corrected chi connectivity index (χ4v) is 2.89. The minimum absolute atomic E-state index is 0.0889. The Hall–Kier alpha value is -1.72. The number of unbranched alkanes of at least 4 members (excludes halogenated alkanes) is 3. The highest BCUT2D eigenvalue weighted by Gasteiger charge is 2.33. The van der Waals surface area contributed by atoms with Crippen molar-refractivity contribution in [2.75, 3.05) is 0 Å². The molecular weight excluding hydrogens is 320 g/mol. The molecule has 4 unspecified atom stereocenters. The minimum atomic E-state index is -0.917. The summed E-state index contributed by atoms with van der Waals surface area (Å²) in [5.41, 5.74) is 0. The van der Waals surface area contributed by atoms with E-state index in [0.717, 1.165) is 19.3 Å². The third-order valence-corrected chi connectivity index (χ3v) is 4.35. The van der Waals surface area contributed by atoms with E-state index in [9.17, 15) is 19.8 Å². The third kappa shape index (κ3) is 8.27. The molecule has 0 saturated carbocycles. The second-order valence-corrected chi connectivity index (χ2v) is 6.52. The second kappa shape index (κ2) is 11.8. The van der Waals surface area contributed by atoms with Gasteiger partial charge in [0.1, 0.15) is 0 Å². The number of carbonyl (C=O) groups is 2. The lowest BCUT2D eigenvalue weighted by Crippen LogP contribution is -2.27. The number of allylic oxidation sites excluding steroid dienone is 4. The lowest BCUT2D eigenvalue weighted by atomic mass is 9.88. The van der Waals surface area contributed by atoms with Crippen LogP contribution in [0.15, 0.2) is 36.5 Å². The molecule has 1 aliphatic rings. The predicted molar refractivity (Wildman–Crippen MR) is 97.0 cm³/mol. The van der Waals surface area contributed by atoms with Gasteiger partial charge in [0.15, 0.2) is 5.78 Å². The molecule has 25 heavy (non-hydrogen) atoms. The van der Waals surface area contributed by atoms with Gasteiger partial charge in [-0.25, -0.2) is 0 Å². The summed E-state index contributed by atoms with van der Waals surface area (Å²) in [5, 5.41) is 28.8. The molecule has 0 spiro atoms. The van der Waals surface area contributed by atoms with E-state index in [1.165, 1.54) is 6.08 Å². The summed E-state index contributed by atoms with van der Waals surface area (Å²) in [4.78, 5) is 22.5. The normalized spacial score (nSPS) is 22.9. The van der Waals surface area contributed by atoms with Crippen molar-refractivity contribution < 1.29 is 24.9 Å². The molecule has 1 aliphatic carbocycles. The van der Waals surface area contributed by atoms with Crippen molar-refractivity contribution in [1.82, 2.24) is 0 Å². The lowest BCUT2D eigenvalue weighted by molar-refractivity contribution is -0.137. The Labute approximate surface area is 149 Å². The number of aliphatic hydroxyl groups excluding tert-OH is 2. The molecule has 1 rings (SSSR count). The average molecular weight is 350 g/mol. The van der Waals surface area contributed by atoms with E-state index in [4.69, 9.17) is 5.11 Å². The number of carbonyl (C=O) groups excluding carboxylic acids is 1. The highest BCUT2D eigenvalue weighted by molar-refractivity contribution is 5.95. The van der Waals surface area contributed by atoms with Crippen LogP contribution in [-0.4, -0.2) is 39.3 Å². The maximum Gasteiger partial charge on any atom is 0.303 e. The monoisotopic (exact) mass is 350 g/mol. The molecule has 0 aromatic heterocycles. The first-order valence-electron chi connectivity index (χ1n) is 9.10. The molecule has 3 N–H and O–H groups in total. The highest BCUT2D eigenvalue weighted by atomic mass is 16.4. The number of aliphatic carboxylic acids is 1. The van der Waals surface area contributed by atoms with Gasteiger partial charge in [0.2, 0.25) is 0 Å². The standard InChI is InChI=1S/C20H30O5/c1-2-3-5-8-16(21)13-11-15-12-14-18(23)20(15)17(22)9-6-4-7-10-19(24)25/h6,9,11-17,20-22H,2-5,7-8,10H2,1H3,(H,24,25)/b9-6+,13-11+. The van der Waals surface area contributed by atoms with E-state index in [1.807, 2.05) is 0 Å². The number of hydrogen-bond acceptors (Lipinski definition) is 4. The van der Waals surface area contributed by atoms with E-state index in [2.05, 4.69) is 6.92 Å². The SMILES string of the molecule is CCCCCC(O)/C=C/C1C=CC(=O)C1C(O)/C=C/CCCC(=O)O. The Balaban J connectivity index is 2.51. The first-order valence-corrected chi connectivity index (χ1v) is 9.10. The zero-order valence-electron chi connectivity index (χ0n) is 14.9. The first-order chi connectivity index (χ1) is 12.0. The number of hydrogen-bond donors (Lipinski definition) is 3. The molecule has 0 bridgehead atoms. The number of carboxylic acid groups (broad SMARTS) is 1. The third-order valence-electron chi connectivity index (χ3n) is 4.35. The molecule has 0 aliphatic heterocycles. The van der Waals surface area contributed by atoms with Crippen LogP contribution in [0.25, 0.3) is 0 Å². The van der Waals surface area contributed by atoms with E-state index in [-0.39, 0.29) is 18.1 Å². The highest BCUT2D eigenvalue weighted by Crippen LogP contribution is 2.28. The molecule has 0 saturated heterocycles. The number of rotatable bonds is 12.